The first-order chi connectivity index (χ1) is 13.1. The van der Waals surface area contributed by atoms with E-state index in [1.807, 2.05) is 36.4 Å². The normalized spacial score (nSPS) is 19.9. The number of methoxy groups -OCH3 is 1. The van der Waals surface area contributed by atoms with Crippen LogP contribution in [0.1, 0.15) is 34.9 Å². The number of carbonyl (C=O) groups is 1. The lowest BCUT2D eigenvalue weighted by atomic mass is 9.75. The molecule has 138 valence electrons. The number of nitrogens with zero attached hydrogens (tertiary/aromatic N) is 2. The number of amides is 1. The van der Waals surface area contributed by atoms with Gasteiger partial charge in [-0.2, -0.15) is 0 Å². The number of nitrogens with one attached hydrogen (secondary N) is 1. The first-order valence-corrected chi connectivity index (χ1v) is 8.98. The molecule has 0 bridgehead atoms. The number of para-hydroxylation sites is 1. The van der Waals surface area contributed by atoms with Crippen molar-refractivity contribution in [2.45, 2.75) is 25.0 Å². The molecule has 0 aliphatic heterocycles. The Kier molecular flexibility index (Phi) is 4.73. The molecule has 1 saturated carbocycles. The minimum absolute atomic E-state index is 0.166. The van der Waals surface area contributed by atoms with E-state index < -0.39 is 0 Å². The van der Waals surface area contributed by atoms with Crippen LogP contribution in [0.2, 0.25) is 0 Å². The number of rotatable bonds is 5. The van der Waals surface area contributed by atoms with E-state index in [1.54, 1.807) is 25.4 Å². The third-order valence-electron chi connectivity index (χ3n) is 5.07. The second-order valence-corrected chi connectivity index (χ2v) is 6.86. The third kappa shape index (κ3) is 3.61. The molecule has 1 aromatic carbocycles. The zero-order valence-corrected chi connectivity index (χ0v) is 15.0. The summed E-state index contributed by atoms with van der Waals surface area (Å²) in [6, 6.07) is 14.8. The van der Waals surface area contributed by atoms with E-state index in [0.717, 1.165) is 16.5 Å². The molecule has 2 heterocycles. The lowest BCUT2D eigenvalue weighted by molar-refractivity contribution is 0.0234. The van der Waals surface area contributed by atoms with Crippen LogP contribution in [0.25, 0.3) is 10.9 Å². The molecule has 1 amide bonds. The Bertz CT molecular complexity index is 952. The van der Waals surface area contributed by atoms with Crippen molar-refractivity contribution in [2.75, 3.05) is 7.11 Å². The third-order valence-corrected chi connectivity index (χ3v) is 5.07. The Morgan fingerprint density at radius 2 is 2.00 bits per heavy atom. The highest BCUT2D eigenvalue weighted by atomic mass is 16.5. The summed E-state index contributed by atoms with van der Waals surface area (Å²) in [6.45, 7) is 0. The molecule has 6 heteroatoms. The van der Waals surface area contributed by atoms with Gasteiger partial charge in [-0.15, -0.1) is 0 Å². The Balaban J connectivity index is 1.58. The molecule has 6 nitrogen and oxygen atoms in total. The van der Waals surface area contributed by atoms with E-state index in [1.165, 1.54) is 0 Å². The van der Waals surface area contributed by atoms with Crippen molar-refractivity contribution in [3.63, 3.8) is 0 Å². The predicted molar refractivity (Wildman–Crippen MR) is 101 cm³/mol. The number of aliphatic hydroxyl groups is 1. The van der Waals surface area contributed by atoms with Crippen LogP contribution in [0.15, 0.2) is 54.7 Å². The number of ether oxygens (including phenoxy) is 1. The van der Waals surface area contributed by atoms with Crippen molar-refractivity contribution in [1.29, 1.82) is 0 Å². The van der Waals surface area contributed by atoms with Crippen molar-refractivity contribution in [3.05, 3.63) is 66.0 Å². The summed E-state index contributed by atoms with van der Waals surface area (Å²) >= 11 is 0. The minimum Gasteiger partial charge on any atom is -0.481 e. The lowest BCUT2D eigenvalue weighted by Crippen LogP contribution is -2.41. The average molecular weight is 363 g/mol. The molecule has 2 aromatic heterocycles. The molecule has 27 heavy (non-hydrogen) atoms. The van der Waals surface area contributed by atoms with Gasteiger partial charge in [0.05, 0.1) is 24.8 Å². The zero-order chi connectivity index (χ0) is 18.8. The molecule has 1 fully saturated rings. The van der Waals surface area contributed by atoms with Gasteiger partial charge in [0.15, 0.2) is 0 Å². The summed E-state index contributed by atoms with van der Waals surface area (Å²) < 4.78 is 5.11. The number of hydrogen-bond donors (Lipinski definition) is 2. The number of pyridine rings is 2. The largest absolute Gasteiger partial charge is 0.481 e. The second kappa shape index (κ2) is 7.32. The predicted octanol–water partition coefficient (Wildman–Crippen LogP) is 2.88. The van der Waals surface area contributed by atoms with E-state index >= 15 is 0 Å². The molecule has 4 rings (SSSR count). The maximum absolute atomic E-state index is 12.8. The summed E-state index contributed by atoms with van der Waals surface area (Å²) in [4.78, 5) is 21.6. The number of aliphatic hydroxyl groups excluding tert-OH is 1. The van der Waals surface area contributed by atoms with E-state index in [0.29, 0.717) is 24.4 Å². The number of carbonyl (C=O) groups excluding carboxylic acids is 1. The van der Waals surface area contributed by atoms with Crippen molar-refractivity contribution >= 4 is 16.8 Å². The first-order valence-electron chi connectivity index (χ1n) is 8.98. The fraction of sp³-hybridized carbons (Fsp3) is 0.286. The van der Waals surface area contributed by atoms with Gasteiger partial charge in [0, 0.05) is 17.6 Å². The Labute approximate surface area is 157 Å². The molecular weight excluding hydrogens is 342 g/mol. The SMILES string of the molecule is COc1ccc(C(NC(=O)c2ccc3ccccc3n2)C2CC(O)C2)cn1. The minimum atomic E-state index is -0.306. The topological polar surface area (TPSA) is 84.3 Å². The number of hydrogen-bond acceptors (Lipinski definition) is 5. The molecule has 0 spiro atoms. The van der Waals surface area contributed by atoms with Crippen molar-refractivity contribution in [1.82, 2.24) is 15.3 Å². The van der Waals surface area contributed by atoms with Gasteiger partial charge >= 0.3 is 0 Å². The number of benzene rings is 1. The monoisotopic (exact) mass is 363 g/mol. The molecule has 2 N–H and O–H groups in total. The first kappa shape index (κ1) is 17.4. The Morgan fingerprint density at radius 3 is 2.70 bits per heavy atom. The van der Waals surface area contributed by atoms with Gasteiger partial charge < -0.3 is 15.2 Å². The Morgan fingerprint density at radius 1 is 1.19 bits per heavy atom. The van der Waals surface area contributed by atoms with Gasteiger partial charge in [-0.05, 0) is 36.5 Å². The maximum Gasteiger partial charge on any atom is 0.270 e. The fourth-order valence-corrected chi connectivity index (χ4v) is 3.48. The molecular formula is C21H21N3O3. The molecule has 0 saturated heterocycles. The standard InChI is InChI=1S/C21H21N3O3/c1-27-19-9-7-14(12-22-19)20(15-10-16(25)11-15)24-21(26)18-8-6-13-4-2-3-5-17(13)23-18/h2-9,12,15-16,20,25H,10-11H2,1H3,(H,24,26). The van der Waals surface area contributed by atoms with Crippen LogP contribution in [0.3, 0.4) is 0 Å². The second-order valence-electron chi connectivity index (χ2n) is 6.86. The van der Waals surface area contributed by atoms with E-state index in [9.17, 15) is 9.90 Å². The summed E-state index contributed by atoms with van der Waals surface area (Å²) in [7, 11) is 1.56. The number of aromatic nitrogens is 2. The van der Waals surface area contributed by atoms with Gasteiger partial charge in [-0.1, -0.05) is 30.3 Å². The summed E-state index contributed by atoms with van der Waals surface area (Å²) in [5, 5.41) is 13.8. The Hall–Kier alpha value is -2.99. The van der Waals surface area contributed by atoms with Gasteiger partial charge in [0.25, 0.3) is 5.91 Å². The van der Waals surface area contributed by atoms with Crippen LogP contribution in [-0.2, 0) is 0 Å². The molecule has 1 unspecified atom stereocenters. The molecule has 3 aromatic rings. The van der Waals surface area contributed by atoms with Crippen LogP contribution < -0.4 is 10.1 Å². The highest BCUT2D eigenvalue weighted by Crippen LogP contribution is 2.38. The van der Waals surface area contributed by atoms with Gasteiger partial charge in [0.2, 0.25) is 5.88 Å². The highest BCUT2D eigenvalue weighted by Gasteiger charge is 2.36. The lowest BCUT2D eigenvalue weighted by Gasteiger charge is -2.38. The molecule has 1 atom stereocenters. The smallest absolute Gasteiger partial charge is 0.270 e. The van der Waals surface area contributed by atoms with Crippen molar-refractivity contribution in [2.24, 2.45) is 5.92 Å². The van der Waals surface area contributed by atoms with Gasteiger partial charge in [-0.25, -0.2) is 9.97 Å². The van der Waals surface area contributed by atoms with Crippen LogP contribution in [0.4, 0.5) is 0 Å². The molecule has 1 aliphatic rings. The van der Waals surface area contributed by atoms with Crippen LogP contribution >= 0.6 is 0 Å². The zero-order valence-electron chi connectivity index (χ0n) is 15.0. The van der Waals surface area contributed by atoms with Gasteiger partial charge in [0.1, 0.15) is 5.69 Å². The maximum atomic E-state index is 12.8. The van der Waals surface area contributed by atoms with Crippen LogP contribution in [0, 0.1) is 5.92 Å². The molecule has 1 aliphatic carbocycles. The summed E-state index contributed by atoms with van der Waals surface area (Å²) in [6.07, 6.45) is 2.71. The van der Waals surface area contributed by atoms with E-state index in [4.69, 9.17) is 4.74 Å². The quantitative estimate of drug-likeness (QED) is 0.728. The summed E-state index contributed by atoms with van der Waals surface area (Å²) in [5.41, 5.74) is 2.05. The molecule has 0 radical (unpaired) electrons. The highest BCUT2D eigenvalue weighted by molar-refractivity contribution is 5.95. The van der Waals surface area contributed by atoms with Crippen molar-refractivity contribution < 1.29 is 14.6 Å². The van der Waals surface area contributed by atoms with E-state index in [2.05, 4.69) is 15.3 Å². The van der Waals surface area contributed by atoms with Gasteiger partial charge in [-0.3, -0.25) is 4.79 Å². The van der Waals surface area contributed by atoms with E-state index in [-0.39, 0.29) is 24.0 Å². The van der Waals surface area contributed by atoms with Crippen molar-refractivity contribution in [3.8, 4) is 5.88 Å². The van der Waals surface area contributed by atoms with Crippen LogP contribution in [0.5, 0.6) is 5.88 Å². The number of fused-ring (bicyclic) bond motifs is 1. The average Bonchev–Trinajstić information content (AvgIpc) is 2.69. The van der Waals surface area contributed by atoms with Crippen LogP contribution in [-0.4, -0.2) is 34.2 Å². The summed E-state index contributed by atoms with van der Waals surface area (Å²) in [5.74, 6) is 0.455. The fourth-order valence-electron chi connectivity index (χ4n) is 3.48.